The van der Waals surface area contributed by atoms with Crippen LogP contribution in [0.5, 0.6) is 0 Å². The van der Waals surface area contributed by atoms with Crippen molar-refractivity contribution in [2.45, 2.75) is 50.8 Å². The molecule has 2 atom stereocenters. The Morgan fingerprint density at radius 3 is 2.69 bits per heavy atom. The van der Waals surface area contributed by atoms with Crippen molar-refractivity contribution in [3.05, 3.63) is 0 Å². The van der Waals surface area contributed by atoms with E-state index in [9.17, 15) is 5.26 Å². The van der Waals surface area contributed by atoms with Crippen molar-refractivity contribution in [1.29, 1.82) is 5.26 Å². The molecule has 0 spiro atoms. The Bertz CT molecular complexity index is 248. The Kier molecular flexibility index (Phi) is 5.20. The number of hydrogen-bond donors (Lipinski definition) is 1. The van der Waals surface area contributed by atoms with Gasteiger partial charge in [0, 0.05) is 19.6 Å². The molecule has 0 bridgehead atoms. The standard InChI is InChI=1S/C12H22N2O2/c1-10(16-7-6-15-3)8-12(2,9-13)14-11-4-5-11/h10-11,14H,4-8H2,1-3H3. The van der Waals surface area contributed by atoms with Crippen LogP contribution in [0.3, 0.4) is 0 Å². The average Bonchev–Trinajstić information content (AvgIpc) is 3.02. The summed E-state index contributed by atoms with van der Waals surface area (Å²) in [6, 6.07) is 2.89. The Hall–Kier alpha value is -0.630. The van der Waals surface area contributed by atoms with E-state index >= 15 is 0 Å². The van der Waals surface area contributed by atoms with Gasteiger partial charge >= 0.3 is 0 Å². The van der Waals surface area contributed by atoms with Crippen LogP contribution in [0.4, 0.5) is 0 Å². The molecule has 4 nitrogen and oxygen atoms in total. The minimum atomic E-state index is -0.465. The van der Waals surface area contributed by atoms with Crippen molar-refractivity contribution in [3.8, 4) is 6.07 Å². The molecular weight excluding hydrogens is 204 g/mol. The second-order valence-electron chi connectivity index (χ2n) is 4.74. The van der Waals surface area contributed by atoms with Gasteiger partial charge in [0.1, 0.15) is 5.54 Å². The zero-order valence-corrected chi connectivity index (χ0v) is 10.5. The van der Waals surface area contributed by atoms with Gasteiger partial charge in [0.15, 0.2) is 0 Å². The van der Waals surface area contributed by atoms with Crippen LogP contribution in [-0.2, 0) is 9.47 Å². The first kappa shape index (κ1) is 13.4. The van der Waals surface area contributed by atoms with E-state index in [0.29, 0.717) is 25.7 Å². The topological polar surface area (TPSA) is 54.3 Å². The van der Waals surface area contributed by atoms with Gasteiger partial charge in [0.25, 0.3) is 0 Å². The lowest BCUT2D eigenvalue weighted by atomic mass is 9.96. The largest absolute Gasteiger partial charge is 0.382 e. The minimum absolute atomic E-state index is 0.0750. The van der Waals surface area contributed by atoms with Gasteiger partial charge in [-0.1, -0.05) is 0 Å². The van der Waals surface area contributed by atoms with E-state index in [2.05, 4.69) is 11.4 Å². The van der Waals surface area contributed by atoms with Gasteiger partial charge < -0.3 is 9.47 Å². The van der Waals surface area contributed by atoms with E-state index in [1.165, 1.54) is 12.8 Å². The first-order valence-corrected chi connectivity index (χ1v) is 5.89. The number of nitriles is 1. The molecule has 4 heteroatoms. The van der Waals surface area contributed by atoms with Gasteiger partial charge in [-0.05, 0) is 26.7 Å². The quantitative estimate of drug-likeness (QED) is 0.637. The molecular formula is C12H22N2O2. The fraction of sp³-hybridized carbons (Fsp3) is 0.917. The summed E-state index contributed by atoms with van der Waals surface area (Å²) in [5.74, 6) is 0. The third kappa shape index (κ3) is 4.93. The van der Waals surface area contributed by atoms with Crippen molar-refractivity contribution < 1.29 is 9.47 Å². The summed E-state index contributed by atoms with van der Waals surface area (Å²) in [5.41, 5.74) is -0.465. The lowest BCUT2D eigenvalue weighted by Gasteiger charge is -2.26. The van der Waals surface area contributed by atoms with Crippen molar-refractivity contribution in [1.82, 2.24) is 5.32 Å². The van der Waals surface area contributed by atoms with E-state index < -0.39 is 5.54 Å². The Balaban J connectivity index is 2.27. The molecule has 0 amide bonds. The van der Waals surface area contributed by atoms with E-state index in [-0.39, 0.29) is 6.10 Å². The number of methoxy groups -OCH3 is 1. The van der Waals surface area contributed by atoms with Crippen LogP contribution in [0.25, 0.3) is 0 Å². The van der Waals surface area contributed by atoms with Gasteiger partial charge in [-0.3, -0.25) is 5.32 Å². The molecule has 2 unspecified atom stereocenters. The zero-order valence-electron chi connectivity index (χ0n) is 10.5. The van der Waals surface area contributed by atoms with Crippen LogP contribution >= 0.6 is 0 Å². The molecule has 1 N–H and O–H groups in total. The van der Waals surface area contributed by atoms with Crippen LogP contribution in [0, 0.1) is 11.3 Å². The van der Waals surface area contributed by atoms with E-state index in [4.69, 9.17) is 9.47 Å². The van der Waals surface area contributed by atoms with Gasteiger partial charge in [-0.25, -0.2) is 0 Å². The minimum Gasteiger partial charge on any atom is -0.382 e. The molecule has 1 aliphatic carbocycles. The predicted molar refractivity (Wildman–Crippen MR) is 62.1 cm³/mol. The van der Waals surface area contributed by atoms with Gasteiger partial charge in [-0.2, -0.15) is 5.26 Å². The van der Waals surface area contributed by atoms with E-state index in [1.54, 1.807) is 7.11 Å². The highest BCUT2D eigenvalue weighted by atomic mass is 16.5. The monoisotopic (exact) mass is 226 g/mol. The third-order valence-electron chi connectivity index (χ3n) is 2.73. The first-order valence-electron chi connectivity index (χ1n) is 5.89. The second kappa shape index (κ2) is 6.19. The van der Waals surface area contributed by atoms with Crippen LogP contribution in [0.2, 0.25) is 0 Å². The van der Waals surface area contributed by atoms with Crippen molar-refractivity contribution >= 4 is 0 Å². The predicted octanol–water partition coefficient (Wildman–Crippen LogP) is 1.46. The normalized spacial score (nSPS) is 21.1. The molecule has 0 heterocycles. The Morgan fingerprint density at radius 1 is 1.50 bits per heavy atom. The van der Waals surface area contributed by atoms with Crippen molar-refractivity contribution in [2.75, 3.05) is 20.3 Å². The van der Waals surface area contributed by atoms with Crippen LogP contribution in [0.15, 0.2) is 0 Å². The summed E-state index contributed by atoms with van der Waals surface area (Å²) in [7, 11) is 1.65. The molecule has 16 heavy (non-hydrogen) atoms. The summed E-state index contributed by atoms with van der Waals surface area (Å²) in [4.78, 5) is 0. The molecule has 1 saturated carbocycles. The number of ether oxygens (including phenoxy) is 2. The lowest BCUT2D eigenvalue weighted by molar-refractivity contribution is 0.0142. The molecule has 92 valence electrons. The third-order valence-corrected chi connectivity index (χ3v) is 2.73. The van der Waals surface area contributed by atoms with Crippen molar-refractivity contribution in [3.63, 3.8) is 0 Å². The molecule has 0 aromatic heterocycles. The van der Waals surface area contributed by atoms with Gasteiger partial charge in [-0.15, -0.1) is 0 Å². The van der Waals surface area contributed by atoms with Crippen LogP contribution in [0.1, 0.15) is 33.1 Å². The smallest absolute Gasteiger partial charge is 0.106 e. The van der Waals surface area contributed by atoms with Crippen molar-refractivity contribution in [2.24, 2.45) is 0 Å². The number of nitrogens with one attached hydrogen (secondary N) is 1. The maximum absolute atomic E-state index is 9.19. The molecule has 0 aliphatic heterocycles. The maximum Gasteiger partial charge on any atom is 0.106 e. The van der Waals surface area contributed by atoms with Gasteiger partial charge in [0.2, 0.25) is 0 Å². The highest BCUT2D eigenvalue weighted by molar-refractivity contribution is 5.07. The van der Waals surface area contributed by atoms with Crippen LogP contribution < -0.4 is 5.32 Å². The zero-order chi connectivity index (χ0) is 12.0. The van der Waals surface area contributed by atoms with E-state index in [0.717, 1.165) is 0 Å². The molecule has 1 fully saturated rings. The molecule has 0 radical (unpaired) electrons. The number of rotatable bonds is 8. The molecule has 0 aromatic rings. The Morgan fingerprint density at radius 2 is 2.19 bits per heavy atom. The second-order valence-corrected chi connectivity index (χ2v) is 4.74. The number of nitrogens with zero attached hydrogens (tertiary/aromatic N) is 1. The lowest BCUT2D eigenvalue weighted by Crippen LogP contribution is -2.45. The summed E-state index contributed by atoms with van der Waals surface area (Å²) in [6.07, 6.45) is 3.17. The maximum atomic E-state index is 9.19. The number of hydrogen-bond acceptors (Lipinski definition) is 4. The first-order chi connectivity index (χ1) is 7.59. The molecule has 1 aliphatic rings. The fourth-order valence-electron chi connectivity index (χ4n) is 1.78. The van der Waals surface area contributed by atoms with Crippen LogP contribution in [-0.4, -0.2) is 38.0 Å². The van der Waals surface area contributed by atoms with Gasteiger partial charge in [0.05, 0.1) is 25.4 Å². The fourth-order valence-corrected chi connectivity index (χ4v) is 1.78. The molecule has 0 aromatic carbocycles. The SMILES string of the molecule is COCCOC(C)CC(C)(C#N)NC1CC1. The molecule has 1 rings (SSSR count). The summed E-state index contributed by atoms with van der Waals surface area (Å²) in [5, 5.41) is 12.6. The molecule has 0 saturated heterocycles. The Labute approximate surface area is 97.9 Å². The summed E-state index contributed by atoms with van der Waals surface area (Å²) >= 11 is 0. The highest BCUT2D eigenvalue weighted by Gasteiger charge is 2.33. The highest BCUT2D eigenvalue weighted by Crippen LogP contribution is 2.24. The summed E-state index contributed by atoms with van der Waals surface area (Å²) in [6.45, 7) is 5.13. The van der Waals surface area contributed by atoms with E-state index in [1.807, 2.05) is 13.8 Å². The summed E-state index contributed by atoms with van der Waals surface area (Å²) < 4.78 is 10.5. The average molecular weight is 226 g/mol.